The van der Waals surface area contributed by atoms with Crippen LogP contribution in [0.1, 0.15) is 38.8 Å². The molecule has 0 saturated carbocycles. The van der Waals surface area contributed by atoms with E-state index in [1.807, 2.05) is 12.1 Å². The smallest absolute Gasteiger partial charge is 0.303 e. The third kappa shape index (κ3) is 7.97. The molecule has 3 aromatic heterocycles. The van der Waals surface area contributed by atoms with Gasteiger partial charge in [0.15, 0.2) is 11.5 Å². The van der Waals surface area contributed by atoms with E-state index in [1.54, 1.807) is 42.8 Å². The number of carbonyl (C=O) groups is 1. The summed E-state index contributed by atoms with van der Waals surface area (Å²) >= 11 is 0. The van der Waals surface area contributed by atoms with Crippen LogP contribution in [0.2, 0.25) is 0 Å². The van der Waals surface area contributed by atoms with Crippen LogP contribution in [0.15, 0.2) is 66.1 Å². The Hall–Kier alpha value is -4.59. The van der Waals surface area contributed by atoms with Crippen molar-refractivity contribution in [3.05, 3.63) is 77.4 Å². The molecule has 1 fully saturated rings. The van der Waals surface area contributed by atoms with Gasteiger partial charge in [0.25, 0.3) is 5.56 Å². The molecule has 0 bridgehead atoms. The first-order chi connectivity index (χ1) is 22.1. The fourth-order valence-electron chi connectivity index (χ4n) is 5.42. The Morgan fingerprint density at radius 2 is 1.80 bits per heavy atom. The van der Waals surface area contributed by atoms with E-state index in [2.05, 4.69) is 43.8 Å². The van der Waals surface area contributed by atoms with Crippen molar-refractivity contribution in [1.29, 1.82) is 0 Å². The molecule has 0 atom stereocenters. The number of nitrogens with zero attached hydrogens (tertiary/aromatic N) is 7. The average Bonchev–Trinajstić information content (AvgIpc) is 3.31. The molecule has 0 aliphatic carbocycles. The number of rotatable bonds is 15. The summed E-state index contributed by atoms with van der Waals surface area (Å²) in [5.41, 5.74) is 1.38. The SMILES string of the molecule is C=CCn1c(=O)c2cnc(Nc3ccc(N4CCN(CCCOCCCC(=O)O)CC4)cc3)nc2n1-c1cccc(C(C)(C)O)n1. The zero-order valence-corrected chi connectivity index (χ0v) is 26.4. The average molecular weight is 631 g/mol. The second-order valence-electron chi connectivity index (χ2n) is 11.8. The topological polar surface area (TPSA) is 151 Å². The number of benzene rings is 1. The van der Waals surface area contributed by atoms with Gasteiger partial charge in [0.1, 0.15) is 11.0 Å². The summed E-state index contributed by atoms with van der Waals surface area (Å²) in [6, 6.07) is 13.4. The van der Waals surface area contributed by atoms with Crippen molar-refractivity contribution in [2.24, 2.45) is 0 Å². The number of carboxylic acid groups (broad SMARTS) is 1. The molecule has 0 unspecified atom stereocenters. The van der Waals surface area contributed by atoms with E-state index >= 15 is 0 Å². The highest BCUT2D eigenvalue weighted by Crippen LogP contribution is 2.24. The minimum atomic E-state index is -1.16. The lowest BCUT2D eigenvalue weighted by molar-refractivity contribution is -0.137. The van der Waals surface area contributed by atoms with E-state index in [1.165, 1.54) is 10.9 Å². The molecule has 13 nitrogen and oxygen atoms in total. The molecule has 5 rings (SSSR count). The number of piperazine rings is 1. The Balaban J connectivity index is 1.22. The van der Waals surface area contributed by atoms with Crippen molar-refractivity contribution in [2.75, 3.05) is 56.2 Å². The quantitative estimate of drug-likeness (QED) is 0.131. The molecule has 46 heavy (non-hydrogen) atoms. The van der Waals surface area contributed by atoms with Gasteiger partial charge in [0.05, 0.1) is 12.2 Å². The van der Waals surface area contributed by atoms with Crippen molar-refractivity contribution in [1.82, 2.24) is 29.2 Å². The molecule has 4 heterocycles. The minimum absolute atomic E-state index is 0.149. The summed E-state index contributed by atoms with van der Waals surface area (Å²) in [5.74, 6) is -0.000687. The van der Waals surface area contributed by atoms with Crippen molar-refractivity contribution in [2.45, 2.75) is 45.3 Å². The van der Waals surface area contributed by atoms with Crippen LogP contribution in [0.5, 0.6) is 0 Å². The zero-order chi connectivity index (χ0) is 32.7. The number of hydrogen-bond donors (Lipinski definition) is 3. The van der Waals surface area contributed by atoms with Crippen molar-refractivity contribution >= 4 is 34.3 Å². The Labute approximate surface area is 267 Å². The molecule has 1 saturated heterocycles. The van der Waals surface area contributed by atoms with Gasteiger partial charge in [-0.15, -0.1) is 6.58 Å². The zero-order valence-electron chi connectivity index (χ0n) is 26.4. The van der Waals surface area contributed by atoms with E-state index in [4.69, 9.17) is 14.8 Å². The van der Waals surface area contributed by atoms with Crippen LogP contribution in [0.4, 0.5) is 17.3 Å². The lowest BCUT2D eigenvalue weighted by Gasteiger charge is -2.36. The number of allylic oxidation sites excluding steroid dienone is 1. The molecule has 4 aromatic rings. The third-order valence-electron chi connectivity index (χ3n) is 7.86. The minimum Gasteiger partial charge on any atom is -0.481 e. The lowest BCUT2D eigenvalue weighted by atomic mass is 10.1. The maximum atomic E-state index is 13.3. The number of anilines is 3. The van der Waals surface area contributed by atoms with Crippen LogP contribution >= 0.6 is 0 Å². The van der Waals surface area contributed by atoms with Gasteiger partial charge >= 0.3 is 5.97 Å². The van der Waals surface area contributed by atoms with Crippen LogP contribution in [-0.2, 0) is 21.7 Å². The maximum Gasteiger partial charge on any atom is 0.303 e. The molecule has 1 aliphatic rings. The molecule has 1 aliphatic heterocycles. The van der Waals surface area contributed by atoms with Crippen LogP contribution in [0.3, 0.4) is 0 Å². The Morgan fingerprint density at radius 3 is 2.50 bits per heavy atom. The summed E-state index contributed by atoms with van der Waals surface area (Å²) in [6.07, 6.45) is 4.78. The van der Waals surface area contributed by atoms with Crippen molar-refractivity contribution < 1.29 is 19.7 Å². The normalized spacial score (nSPS) is 14.1. The standard InChI is InChI=1S/C33H42N8O5/c1-4-15-40-31(44)26-23-34-32(37-30(26)41(40)28-9-5-8-27(36-28)33(2,3)45)35-24-11-13-25(14-12-24)39-19-17-38(18-20-39)16-7-22-46-21-6-10-29(42)43/h4-5,8-9,11-14,23,45H,1,6-7,10,15-22H2,2-3H3,(H,42,43)(H,34,35,37). The highest BCUT2D eigenvalue weighted by molar-refractivity contribution is 5.77. The molecule has 0 amide bonds. The first-order valence-corrected chi connectivity index (χ1v) is 15.6. The predicted octanol–water partition coefficient (Wildman–Crippen LogP) is 3.53. The summed E-state index contributed by atoms with van der Waals surface area (Å²) in [4.78, 5) is 42.4. The number of hydrogen-bond acceptors (Lipinski definition) is 10. The molecule has 3 N–H and O–H groups in total. The lowest BCUT2D eigenvalue weighted by Crippen LogP contribution is -2.46. The highest BCUT2D eigenvalue weighted by atomic mass is 16.5. The summed E-state index contributed by atoms with van der Waals surface area (Å²) < 4.78 is 8.69. The molecular weight excluding hydrogens is 588 g/mol. The number of fused-ring (bicyclic) bond motifs is 1. The van der Waals surface area contributed by atoms with Gasteiger partial charge in [-0.1, -0.05) is 12.1 Å². The second-order valence-corrected chi connectivity index (χ2v) is 11.8. The van der Waals surface area contributed by atoms with Gasteiger partial charge in [-0.3, -0.25) is 14.5 Å². The summed E-state index contributed by atoms with van der Waals surface area (Å²) in [7, 11) is 0. The number of ether oxygens (including phenoxy) is 1. The van der Waals surface area contributed by atoms with Gasteiger partial charge in [0.2, 0.25) is 5.95 Å². The summed E-state index contributed by atoms with van der Waals surface area (Å²) in [6.45, 7) is 13.2. The van der Waals surface area contributed by atoms with Crippen molar-refractivity contribution in [3.63, 3.8) is 0 Å². The molecule has 0 spiro atoms. The predicted molar refractivity (Wildman–Crippen MR) is 177 cm³/mol. The van der Waals surface area contributed by atoms with Gasteiger partial charge in [-0.2, -0.15) is 4.98 Å². The molecular formula is C33H42N8O5. The number of aliphatic hydroxyl groups is 1. The first-order valence-electron chi connectivity index (χ1n) is 15.6. The van der Waals surface area contributed by atoms with Gasteiger partial charge in [0, 0.05) is 69.9 Å². The van der Waals surface area contributed by atoms with Gasteiger partial charge < -0.3 is 25.2 Å². The van der Waals surface area contributed by atoms with E-state index in [0.717, 1.165) is 50.5 Å². The summed E-state index contributed by atoms with van der Waals surface area (Å²) in [5, 5.41) is 22.8. The monoisotopic (exact) mass is 630 g/mol. The fourth-order valence-corrected chi connectivity index (χ4v) is 5.42. The van der Waals surface area contributed by atoms with E-state index in [9.17, 15) is 14.7 Å². The maximum absolute atomic E-state index is 13.3. The molecule has 244 valence electrons. The number of pyridine rings is 1. The Morgan fingerprint density at radius 1 is 1.07 bits per heavy atom. The van der Waals surface area contributed by atoms with E-state index in [0.29, 0.717) is 48.1 Å². The number of aliphatic carboxylic acids is 1. The molecule has 1 aromatic carbocycles. The number of aromatic nitrogens is 5. The second kappa shape index (κ2) is 14.7. The van der Waals surface area contributed by atoms with Crippen LogP contribution < -0.4 is 15.8 Å². The Bertz CT molecular complexity index is 1700. The highest BCUT2D eigenvalue weighted by Gasteiger charge is 2.22. The van der Waals surface area contributed by atoms with E-state index in [-0.39, 0.29) is 18.5 Å². The Kier molecular flexibility index (Phi) is 10.5. The number of nitrogens with one attached hydrogen (secondary N) is 1. The fraction of sp³-hybridized carbons (Fsp3) is 0.424. The van der Waals surface area contributed by atoms with Crippen LogP contribution in [-0.4, -0.2) is 91.3 Å². The third-order valence-corrected chi connectivity index (χ3v) is 7.86. The van der Waals surface area contributed by atoms with Gasteiger partial charge in [-0.25, -0.2) is 19.3 Å². The molecule has 0 radical (unpaired) electrons. The van der Waals surface area contributed by atoms with E-state index < -0.39 is 11.6 Å². The largest absolute Gasteiger partial charge is 0.481 e. The first kappa shape index (κ1) is 32.8. The number of carboxylic acids is 1. The molecule has 13 heteroatoms. The van der Waals surface area contributed by atoms with Gasteiger partial charge in [-0.05, 0) is 63.1 Å². The van der Waals surface area contributed by atoms with Crippen LogP contribution in [0, 0.1) is 0 Å². The van der Waals surface area contributed by atoms with Crippen molar-refractivity contribution in [3.8, 4) is 5.82 Å². The van der Waals surface area contributed by atoms with Crippen LogP contribution in [0.25, 0.3) is 16.9 Å².